The Morgan fingerprint density at radius 1 is 1.04 bits per heavy atom. The minimum Gasteiger partial charge on any atom is -0.332 e. The van der Waals surface area contributed by atoms with E-state index in [1.54, 1.807) is 18.2 Å². The maximum atomic E-state index is 12.2. The molecule has 0 heterocycles. The van der Waals surface area contributed by atoms with E-state index in [0.717, 1.165) is 5.56 Å². The molecule has 0 bridgehead atoms. The molecule has 2 amide bonds. The van der Waals surface area contributed by atoms with E-state index in [9.17, 15) is 9.59 Å². The van der Waals surface area contributed by atoms with Gasteiger partial charge in [0.25, 0.3) is 5.91 Å². The van der Waals surface area contributed by atoms with Crippen LogP contribution in [0.4, 0.5) is 11.4 Å². The normalized spacial score (nSPS) is 10.1. The first-order chi connectivity index (χ1) is 11.8. The van der Waals surface area contributed by atoms with Gasteiger partial charge in [-0.15, -0.1) is 0 Å². The van der Waals surface area contributed by atoms with Crippen molar-refractivity contribution in [2.24, 2.45) is 0 Å². The molecule has 5 nitrogen and oxygen atoms in total. The first kappa shape index (κ1) is 19.2. The molecule has 0 aliphatic carbocycles. The van der Waals surface area contributed by atoms with Crippen molar-refractivity contribution < 1.29 is 9.59 Å². The molecule has 2 aromatic carbocycles. The van der Waals surface area contributed by atoms with Gasteiger partial charge in [0.05, 0.1) is 10.6 Å². The molecule has 2 aromatic rings. The molecule has 0 unspecified atom stereocenters. The van der Waals surface area contributed by atoms with Crippen LogP contribution in [-0.2, 0) is 4.79 Å². The highest BCUT2D eigenvalue weighted by Crippen LogP contribution is 2.22. The predicted molar refractivity (Wildman–Crippen MR) is 106 cm³/mol. The number of carbonyl (C=O) groups excluding carboxylic acids is 2. The topological polar surface area (TPSA) is 70.2 Å². The van der Waals surface area contributed by atoms with Crippen molar-refractivity contribution in [3.8, 4) is 0 Å². The highest BCUT2D eigenvalue weighted by molar-refractivity contribution is 7.80. The number of aryl methyl sites for hydroxylation is 1. The highest BCUT2D eigenvalue weighted by atomic mass is 35.5. The fourth-order valence-electron chi connectivity index (χ4n) is 2.03. The molecule has 0 spiro atoms. The summed E-state index contributed by atoms with van der Waals surface area (Å²) in [5, 5.41) is 8.94. The summed E-state index contributed by atoms with van der Waals surface area (Å²) < 4.78 is 0. The first-order valence-electron chi connectivity index (χ1n) is 7.22. The fraction of sp³-hybridized carbons (Fsp3) is 0.118. The Hall–Kier alpha value is -2.15. The van der Waals surface area contributed by atoms with Crippen LogP contribution >= 0.6 is 35.4 Å². The molecule has 2 rings (SSSR count). The van der Waals surface area contributed by atoms with Gasteiger partial charge in [0.1, 0.15) is 0 Å². The molecule has 0 atom stereocenters. The third-order valence-electron chi connectivity index (χ3n) is 3.21. The lowest BCUT2D eigenvalue weighted by Crippen LogP contribution is -2.34. The fourth-order valence-corrected chi connectivity index (χ4v) is 2.74. The van der Waals surface area contributed by atoms with E-state index < -0.39 is 5.91 Å². The minimum absolute atomic E-state index is 0.105. The zero-order valence-electron chi connectivity index (χ0n) is 13.4. The number of benzene rings is 2. The highest BCUT2D eigenvalue weighted by Gasteiger charge is 2.12. The lowest BCUT2D eigenvalue weighted by molar-refractivity contribution is -0.114. The quantitative estimate of drug-likeness (QED) is 0.674. The number of nitrogens with one attached hydrogen (secondary N) is 3. The Balaban J connectivity index is 2.07. The van der Waals surface area contributed by atoms with Crippen molar-refractivity contribution >= 4 is 63.7 Å². The van der Waals surface area contributed by atoms with Crippen LogP contribution in [-0.4, -0.2) is 16.9 Å². The summed E-state index contributed by atoms with van der Waals surface area (Å²) in [4.78, 5) is 23.4. The van der Waals surface area contributed by atoms with E-state index in [-0.39, 0.29) is 21.6 Å². The minimum atomic E-state index is -0.451. The number of anilines is 2. The maximum absolute atomic E-state index is 12.2. The number of amides is 2. The van der Waals surface area contributed by atoms with E-state index in [2.05, 4.69) is 16.0 Å². The van der Waals surface area contributed by atoms with Crippen molar-refractivity contribution in [1.29, 1.82) is 0 Å². The van der Waals surface area contributed by atoms with Gasteiger partial charge in [-0.3, -0.25) is 14.9 Å². The molecule has 0 aliphatic heterocycles. The van der Waals surface area contributed by atoms with Crippen LogP contribution in [0.3, 0.4) is 0 Å². The number of rotatable bonds is 3. The van der Waals surface area contributed by atoms with Crippen molar-refractivity contribution in [1.82, 2.24) is 5.32 Å². The second kappa shape index (κ2) is 8.29. The summed E-state index contributed by atoms with van der Waals surface area (Å²) in [6.45, 7) is 3.30. The van der Waals surface area contributed by atoms with Crippen LogP contribution in [0, 0.1) is 6.92 Å². The molecular weight excluding hydrogens is 381 g/mol. The standard InChI is InChI=1S/C17H15Cl2N3O2S/c1-9-3-5-12(8-15(9)20-10(2)23)21-17(25)22-16(24)13-6-4-11(18)7-14(13)19/h3-8H,1-2H3,(H,20,23)(H2,21,22,24,25). The number of hydrogen-bond acceptors (Lipinski definition) is 3. The van der Waals surface area contributed by atoms with E-state index in [1.165, 1.54) is 19.1 Å². The summed E-state index contributed by atoms with van der Waals surface area (Å²) in [5.74, 6) is -0.623. The van der Waals surface area contributed by atoms with Crippen LogP contribution < -0.4 is 16.0 Å². The second-order valence-corrected chi connectivity index (χ2v) is 6.50. The van der Waals surface area contributed by atoms with E-state index in [0.29, 0.717) is 16.4 Å². The third-order valence-corrected chi connectivity index (χ3v) is 3.96. The number of halogens is 2. The van der Waals surface area contributed by atoms with Crippen molar-refractivity contribution in [2.45, 2.75) is 13.8 Å². The predicted octanol–water partition coefficient (Wildman–Crippen LogP) is 4.39. The molecule has 0 fully saturated rings. The number of thiocarbonyl (C=S) groups is 1. The Bertz CT molecular complexity index is 856. The van der Waals surface area contributed by atoms with Crippen LogP contribution in [0.2, 0.25) is 10.0 Å². The lowest BCUT2D eigenvalue weighted by atomic mass is 10.2. The van der Waals surface area contributed by atoms with Gasteiger partial charge in [-0.25, -0.2) is 0 Å². The third kappa shape index (κ3) is 5.42. The molecular formula is C17H15Cl2N3O2S. The monoisotopic (exact) mass is 395 g/mol. The summed E-state index contributed by atoms with van der Waals surface area (Å²) in [6.07, 6.45) is 0. The van der Waals surface area contributed by atoms with Gasteiger partial charge in [-0.1, -0.05) is 29.3 Å². The largest absolute Gasteiger partial charge is 0.332 e. The lowest BCUT2D eigenvalue weighted by Gasteiger charge is -2.13. The van der Waals surface area contributed by atoms with E-state index in [1.807, 2.05) is 13.0 Å². The maximum Gasteiger partial charge on any atom is 0.258 e. The average Bonchev–Trinajstić information content (AvgIpc) is 2.49. The zero-order chi connectivity index (χ0) is 18.6. The molecule has 25 heavy (non-hydrogen) atoms. The molecule has 8 heteroatoms. The van der Waals surface area contributed by atoms with Crippen LogP contribution in [0.5, 0.6) is 0 Å². The van der Waals surface area contributed by atoms with Crippen molar-refractivity contribution in [3.63, 3.8) is 0 Å². The second-order valence-electron chi connectivity index (χ2n) is 5.24. The van der Waals surface area contributed by atoms with Gasteiger partial charge in [0.2, 0.25) is 5.91 Å². The van der Waals surface area contributed by atoms with Gasteiger partial charge < -0.3 is 10.6 Å². The van der Waals surface area contributed by atoms with Crippen molar-refractivity contribution in [2.75, 3.05) is 10.6 Å². The smallest absolute Gasteiger partial charge is 0.258 e. The van der Waals surface area contributed by atoms with Crippen LogP contribution in [0.15, 0.2) is 36.4 Å². The molecule has 0 aromatic heterocycles. The SMILES string of the molecule is CC(=O)Nc1cc(NC(=S)NC(=O)c2ccc(Cl)cc2Cl)ccc1C. The van der Waals surface area contributed by atoms with Gasteiger partial charge in [-0.05, 0) is 55.0 Å². The number of carbonyl (C=O) groups is 2. The molecule has 130 valence electrons. The van der Waals surface area contributed by atoms with Gasteiger partial charge in [0.15, 0.2) is 5.11 Å². The van der Waals surface area contributed by atoms with Gasteiger partial charge in [-0.2, -0.15) is 0 Å². The Morgan fingerprint density at radius 3 is 2.40 bits per heavy atom. The number of hydrogen-bond donors (Lipinski definition) is 3. The average molecular weight is 396 g/mol. The van der Waals surface area contributed by atoms with Crippen LogP contribution in [0.25, 0.3) is 0 Å². The Labute approximate surface area is 160 Å². The molecule has 0 saturated heterocycles. The summed E-state index contributed by atoms with van der Waals surface area (Å²) >= 11 is 17.0. The summed E-state index contributed by atoms with van der Waals surface area (Å²) in [5.41, 5.74) is 2.45. The summed E-state index contributed by atoms with van der Waals surface area (Å²) in [6, 6.07) is 9.91. The van der Waals surface area contributed by atoms with Gasteiger partial charge in [0, 0.05) is 23.3 Å². The zero-order valence-corrected chi connectivity index (χ0v) is 15.8. The Morgan fingerprint density at radius 2 is 1.76 bits per heavy atom. The van der Waals surface area contributed by atoms with Crippen LogP contribution in [0.1, 0.15) is 22.8 Å². The molecule has 0 radical (unpaired) electrons. The van der Waals surface area contributed by atoms with E-state index >= 15 is 0 Å². The molecule has 3 N–H and O–H groups in total. The van der Waals surface area contributed by atoms with Crippen molar-refractivity contribution in [3.05, 3.63) is 57.6 Å². The molecule has 0 aliphatic rings. The Kier molecular flexibility index (Phi) is 6.36. The first-order valence-corrected chi connectivity index (χ1v) is 8.38. The molecule has 0 saturated carbocycles. The van der Waals surface area contributed by atoms with Gasteiger partial charge >= 0.3 is 0 Å². The van der Waals surface area contributed by atoms with E-state index in [4.69, 9.17) is 35.4 Å². The summed E-state index contributed by atoms with van der Waals surface area (Å²) in [7, 11) is 0.